The average Bonchev–Trinajstić information content (AvgIpc) is 3.09. The normalized spacial score (nSPS) is 50.5. The number of rotatable bonds is 9. The van der Waals surface area contributed by atoms with Crippen molar-refractivity contribution in [2.24, 2.45) is 74.9 Å². The molecule has 0 radical (unpaired) electrons. The smallest absolute Gasteiger partial charge is 0.312 e. The van der Waals surface area contributed by atoms with Crippen LogP contribution in [-0.2, 0) is 42.9 Å². The SMILES string of the molecule is CC(F)(F)COC(=O)C12CC3CC(C1)C1(OCC(COC(=O)C45CC6CC(CC(C6)C4)C5)(COC(=O)C45CC6CC(C4)C(=O)C(C6)C5)CO1)C(C3)C2. The Morgan fingerprint density at radius 2 is 1.02 bits per heavy atom. The molecule has 52 heavy (non-hydrogen) atoms. The number of halogens is 2. The van der Waals surface area contributed by atoms with E-state index in [-0.39, 0.29) is 68.0 Å². The van der Waals surface area contributed by atoms with Crippen molar-refractivity contribution in [2.75, 3.05) is 33.0 Å². The Hall–Kier alpha value is -2.14. The molecule has 4 atom stereocenters. The summed E-state index contributed by atoms with van der Waals surface area (Å²) in [5, 5.41) is 0. The van der Waals surface area contributed by atoms with Gasteiger partial charge in [0, 0.05) is 30.6 Å². The summed E-state index contributed by atoms with van der Waals surface area (Å²) in [5.41, 5.74) is -2.78. The van der Waals surface area contributed by atoms with Gasteiger partial charge in [-0.15, -0.1) is 0 Å². The lowest BCUT2D eigenvalue weighted by Gasteiger charge is -2.65. The highest BCUT2D eigenvalue weighted by Crippen LogP contribution is 2.67. The molecule has 12 bridgehead atoms. The van der Waals surface area contributed by atoms with Crippen LogP contribution < -0.4 is 0 Å². The predicted octanol–water partition coefficient (Wildman–Crippen LogP) is 6.44. The van der Waals surface area contributed by atoms with Crippen molar-refractivity contribution < 1.29 is 51.6 Å². The molecule has 0 aromatic carbocycles. The molecule has 286 valence electrons. The van der Waals surface area contributed by atoms with Gasteiger partial charge in [0.2, 0.25) is 0 Å². The summed E-state index contributed by atoms with van der Waals surface area (Å²) in [6, 6.07) is 0. The topological polar surface area (TPSA) is 114 Å². The van der Waals surface area contributed by atoms with Crippen molar-refractivity contribution in [1.29, 1.82) is 0 Å². The van der Waals surface area contributed by atoms with Gasteiger partial charge in [-0.2, -0.15) is 0 Å². The minimum absolute atomic E-state index is 0.00871. The van der Waals surface area contributed by atoms with Crippen LogP contribution in [0.5, 0.6) is 0 Å². The average molecular weight is 729 g/mol. The van der Waals surface area contributed by atoms with E-state index in [4.69, 9.17) is 23.7 Å². The second-order valence-electron chi connectivity index (χ2n) is 20.4. The van der Waals surface area contributed by atoms with Crippen molar-refractivity contribution in [2.45, 2.75) is 121 Å². The number of carbonyl (C=O) groups is 4. The summed E-state index contributed by atoms with van der Waals surface area (Å²) in [6.45, 7) is 0.193. The second-order valence-corrected chi connectivity index (χ2v) is 20.4. The molecule has 1 spiro atoms. The van der Waals surface area contributed by atoms with Crippen molar-refractivity contribution in [3.05, 3.63) is 0 Å². The summed E-state index contributed by atoms with van der Waals surface area (Å²) >= 11 is 0. The molecule has 13 rings (SSSR count). The summed E-state index contributed by atoms with van der Waals surface area (Å²) in [7, 11) is 0. The number of carbonyl (C=O) groups excluding carboxylic acids is 4. The summed E-state index contributed by atoms with van der Waals surface area (Å²) in [6.07, 6.45) is 13.2. The van der Waals surface area contributed by atoms with E-state index >= 15 is 0 Å². The number of alkyl halides is 2. The largest absolute Gasteiger partial charge is 0.464 e. The summed E-state index contributed by atoms with van der Waals surface area (Å²) in [5.74, 6) is -2.50. The third-order valence-electron chi connectivity index (χ3n) is 16.3. The van der Waals surface area contributed by atoms with Crippen LogP contribution in [0.4, 0.5) is 8.78 Å². The summed E-state index contributed by atoms with van der Waals surface area (Å²) < 4.78 is 58.7. The second kappa shape index (κ2) is 11.5. The lowest BCUT2D eigenvalue weighted by molar-refractivity contribution is -0.391. The maximum absolute atomic E-state index is 14.1. The van der Waals surface area contributed by atoms with Crippen LogP contribution in [0.2, 0.25) is 0 Å². The van der Waals surface area contributed by atoms with E-state index in [0.717, 1.165) is 58.3 Å². The minimum Gasteiger partial charge on any atom is -0.464 e. The molecule has 11 heteroatoms. The van der Waals surface area contributed by atoms with E-state index in [2.05, 4.69) is 0 Å². The quantitative estimate of drug-likeness (QED) is 0.196. The van der Waals surface area contributed by atoms with Crippen molar-refractivity contribution in [3.63, 3.8) is 0 Å². The van der Waals surface area contributed by atoms with Crippen molar-refractivity contribution >= 4 is 23.7 Å². The van der Waals surface area contributed by atoms with Gasteiger partial charge in [0.05, 0.1) is 34.9 Å². The number of hydrogen-bond donors (Lipinski definition) is 0. The first-order chi connectivity index (χ1) is 24.7. The minimum atomic E-state index is -3.09. The molecule has 12 saturated carbocycles. The molecule has 13 fully saturated rings. The fourth-order valence-electron chi connectivity index (χ4n) is 14.9. The monoisotopic (exact) mass is 728 g/mol. The molecular weight excluding hydrogens is 674 g/mol. The van der Waals surface area contributed by atoms with Gasteiger partial charge in [0.1, 0.15) is 19.0 Å². The van der Waals surface area contributed by atoms with Gasteiger partial charge in [-0.25, -0.2) is 8.78 Å². The molecule has 1 aliphatic heterocycles. The fraction of sp³-hybridized carbons (Fsp3) is 0.902. The number of hydrogen-bond acceptors (Lipinski definition) is 9. The molecule has 0 N–H and O–H groups in total. The van der Waals surface area contributed by atoms with Gasteiger partial charge >= 0.3 is 17.9 Å². The zero-order valence-corrected chi connectivity index (χ0v) is 30.5. The van der Waals surface area contributed by atoms with Gasteiger partial charge in [-0.3, -0.25) is 19.2 Å². The van der Waals surface area contributed by atoms with E-state index in [1.807, 2.05) is 0 Å². The van der Waals surface area contributed by atoms with E-state index in [1.54, 1.807) is 0 Å². The standard InChI is InChI=1S/C41H54F2O9/c1-36(42,43)18-48-35(47)40-13-27-7-30(16-40)41(31(8-27)17-40)51-21-37(22-52-41,19-49-33(45)38-9-23-2-24(10-38)4-25(3-23)11-38)20-50-34(46)39-12-26-5-28(14-39)32(44)29(6-26)15-39/h23-31H,2-22H2,1H3. The number of ketones is 1. The highest BCUT2D eigenvalue weighted by molar-refractivity contribution is 5.89. The number of esters is 3. The maximum atomic E-state index is 14.1. The van der Waals surface area contributed by atoms with Gasteiger partial charge in [-0.1, -0.05) is 0 Å². The fourth-order valence-corrected chi connectivity index (χ4v) is 14.9. The Morgan fingerprint density at radius 1 is 0.615 bits per heavy atom. The lowest BCUT2D eigenvalue weighted by Crippen LogP contribution is -2.68. The lowest BCUT2D eigenvalue weighted by atomic mass is 9.47. The zero-order valence-electron chi connectivity index (χ0n) is 30.5. The Labute approximate surface area is 304 Å². The first-order valence-corrected chi connectivity index (χ1v) is 20.4. The van der Waals surface area contributed by atoms with E-state index in [0.29, 0.717) is 61.6 Å². The van der Waals surface area contributed by atoms with Crippen molar-refractivity contribution in [1.82, 2.24) is 0 Å². The number of Topliss-reactive ketones (excluding diaryl/α,β-unsaturated/α-hetero) is 1. The van der Waals surface area contributed by atoms with Gasteiger partial charge in [-0.05, 0) is 132 Å². The van der Waals surface area contributed by atoms with Gasteiger partial charge in [0.25, 0.3) is 5.92 Å². The third-order valence-corrected chi connectivity index (χ3v) is 16.3. The predicted molar refractivity (Wildman–Crippen MR) is 178 cm³/mol. The molecule has 9 nitrogen and oxygen atoms in total. The first kappa shape index (κ1) is 34.4. The number of ether oxygens (including phenoxy) is 5. The molecule has 1 saturated heterocycles. The zero-order chi connectivity index (χ0) is 35.9. The third kappa shape index (κ3) is 5.30. The first-order valence-electron chi connectivity index (χ1n) is 20.4. The van der Waals surface area contributed by atoms with Crippen LogP contribution in [0.25, 0.3) is 0 Å². The van der Waals surface area contributed by atoms with Crippen LogP contribution in [0, 0.1) is 74.9 Å². The Kier molecular flexibility index (Phi) is 7.57. The van der Waals surface area contributed by atoms with E-state index < -0.39 is 45.9 Å². The Morgan fingerprint density at radius 3 is 1.50 bits per heavy atom. The highest BCUT2D eigenvalue weighted by atomic mass is 19.3. The Bertz CT molecular complexity index is 1470. The molecule has 0 aromatic heterocycles. The van der Waals surface area contributed by atoms with Gasteiger partial charge in [0.15, 0.2) is 12.4 Å². The Balaban J connectivity index is 0.865. The van der Waals surface area contributed by atoms with Crippen molar-refractivity contribution in [3.8, 4) is 0 Å². The van der Waals surface area contributed by atoms with Crippen LogP contribution in [0.15, 0.2) is 0 Å². The van der Waals surface area contributed by atoms with E-state index in [9.17, 15) is 28.0 Å². The maximum Gasteiger partial charge on any atom is 0.312 e. The van der Waals surface area contributed by atoms with Crippen LogP contribution >= 0.6 is 0 Å². The van der Waals surface area contributed by atoms with Crippen LogP contribution in [0.1, 0.15) is 110 Å². The molecule has 0 aromatic rings. The van der Waals surface area contributed by atoms with E-state index in [1.165, 1.54) is 19.3 Å². The molecule has 1 heterocycles. The molecular formula is C41H54F2O9. The summed E-state index contributed by atoms with van der Waals surface area (Å²) in [4.78, 5) is 54.3. The van der Waals surface area contributed by atoms with Crippen LogP contribution in [0.3, 0.4) is 0 Å². The molecule has 13 aliphatic rings. The van der Waals surface area contributed by atoms with Crippen LogP contribution in [-0.4, -0.2) is 68.4 Å². The highest BCUT2D eigenvalue weighted by Gasteiger charge is 2.69. The molecule has 12 aliphatic carbocycles. The van der Waals surface area contributed by atoms with Gasteiger partial charge < -0.3 is 23.7 Å². The molecule has 0 amide bonds. The molecule has 4 unspecified atom stereocenters.